The molecular formula is C17H30CuN8O3-6. The fourth-order valence-electron chi connectivity index (χ4n) is 3.03. The summed E-state index contributed by atoms with van der Waals surface area (Å²) < 4.78 is 0. The molecule has 2 bridgehead atoms. The number of nitrogens with two attached hydrogens (primary N) is 1. The molecule has 2 aliphatic heterocycles. The van der Waals surface area contributed by atoms with Crippen molar-refractivity contribution in [2.24, 2.45) is 5.73 Å². The molecule has 0 aliphatic carbocycles. The van der Waals surface area contributed by atoms with E-state index in [1.165, 1.54) is 0 Å². The number of rotatable bonds is 5. The molecule has 173 valence electrons. The molecule has 2 saturated heterocycles. The normalized spacial score (nSPS) is 29.6. The topological polar surface area (TPSA) is 177 Å². The Morgan fingerprint density at radius 1 is 0.828 bits per heavy atom. The van der Waals surface area contributed by atoms with Crippen molar-refractivity contribution in [3.8, 4) is 0 Å². The Morgan fingerprint density at radius 2 is 1.34 bits per heavy atom. The minimum absolute atomic E-state index is 0. The van der Waals surface area contributed by atoms with E-state index in [9.17, 15) is 9.59 Å². The van der Waals surface area contributed by atoms with E-state index < -0.39 is 17.3 Å². The standard InChI is InChI=1S/C17H30N8O3.Cu/c18-16-10-19-4-6-21-12-17(24-9-8-23-16,13-22-7-5-20-11-16)25-14(26)2-1-3-15(27)28;/h1-13,18H2,(H,25,26)(H,27,28);/q-6;. The Labute approximate surface area is 182 Å². The fraction of sp³-hybridized carbons (Fsp3) is 0.882. The Bertz CT molecular complexity index is 495. The van der Waals surface area contributed by atoms with Crippen molar-refractivity contribution in [2.75, 3.05) is 65.4 Å². The van der Waals surface area contributed by atoms with E-state index in [1.54, 1.807) is 0 Å². The van der Waals surface area contributed by atoms with Crippen LogP contribution in [0.5, 0.6) is 0 Å². The van der Waals surface area contributed by atoms with Crippen molar-refractivity contribution >= 4 is 11.9 Å². The number of fused-ring (bicyclic) bond motifs is 5. The number of carbonyl (C=O) groups excluding carboxylic acids is 1. The van der Waals surface area contributed by atoms with E-state index in [2.05, 4.69) is 37.2 Å². The molecule has 0 aromatic carbocycles. The van der Waals surface area contributed by atoms with Crippen LogP contribution in [-0.4, -0.2) is 93.8 Å². The van der Waals surface area contributed by atoms with E-state index in [-0.39, 0.29) is 42.2 Å². The Balaban J connectivity index is 0.00000420. The first-order valence-electron chi connectivity index (χ1n) is 9.65. The molecule has 1 amide bonds. The first-order chi connectivity index (χ1) is 13.4. The predicted octanol–water partition coefficient (Wildman–Crippen LogP) is 0.976. The van der Waals surface area contributed by atoms with Crippen LogP contribution in [-0.2, 0) is 26.7 Å². The molecule has 2 heterocycles. The zero-order valence-electron chi connectivity index (χ0n) is 16.5. The van der Waals surface area contributed by atoms with Gasteiger partial charge in [0.25, 0.3) is 0 Å². The number of carboxylic acid groups (broad SMARTS) is 1. The van der Waals surface area contributed by atoms with Crippen LogP contribution in [0.1, 0.15) is 19.3 Å². The fourth-order valence-corrected chi connectivity index (χ4v) is 3.03. The van der Waals surface area contributed by atoms with Gasteiger partial charge >= 0.3 is 5.97 Å². The smallest absolute Gasteiger partial charge is 0.303 e. The number of aliphatic carboxylic acids is 1. The summed E-state index contributed by atoms with van der Waals surface area (Å²) in [7, 11) is 0. The molecule has 2 aliphatic rings. The summed E-state index contributed by atoms with van der Waals surface area (Å²) in [4.78, 5) is 23.1. The minimum Gasteiger partial charge on any atom is -0.664 e. The van der Waals surface area contributed by atoms with Crippen LogP contribution < -0.4 is 11.1 Å². The van der Waals surface area contributed by atoms with E-state index >= 15 is 0 Å². The van der Waals surface area contributed by atoms with Crippen molar-refractivity contribution in [3.63, 3.8) is 0 Å². The Kier molecular flexibility index (Phi) is 12.2. The number of amides is 1. The molecule has 0 aromatic heterocycles. The van der Waals surface area contributed by atoms with Crippen LogP contribution in [0, 0.1) is 0 Å². The van der Waals surface area contributed by atoms with Gasteiger partial charge in [0.15, 0.2) is 0 Å². The summed E-state index contributed by atoms with van der Waals surface area (Å²) in [5, 5.41) is 38.9. The minimum atomic E-state index is -0.953. The van der Waals surface area contributed by atoms with Gasteiger partial charge in [-0.05, 0) is 6.42 Å². The third kappa shape index (κ3) is 10.2. The van der Waals surface area contributed by atoms with Gasteiger partial charge in [0.2, 0.25) is 5.91 Å². The second kappa shape index (κ2) is 13.5. The van der Waals surface area contributed by atoms with Gasteiger partial charge < -0.3 is 48.1 Å². The van der Waals surface area contributed by atoms with Crippen LogP contribution in [0.25, 0.3) is 31.9 Å². The molecule has 2 fully saturated rings. The third-order valence-corrected chi connectivity index (χ3v) is 4.46. The van der Waals surface area contributed by atoms with Gasteiger partial charge in [-0.3, -0.25) is 9.59 Å². The zero-order valence-corrected chi connectivity index (χ0v) is 17.5. The Hall–Kier alpha value is -0.821. The number of hydrogen-bond acceptors (Lipinski definition) is 3. The molecule has 0 unspecified atom stereocenters. The van der Waals surface area contributed by atoms with Crippen LogP contribution >= 0.6 is 0 Å². The van der Waals surface area contributed by atoms with E-state index in [1.807, 2.05) is 0 Å². The third-order valence-electron chi connectivity index (χ3n) is 4.46. The summed E-state index contributed by atoms with van der Waals surface area (Å²) in [6.45, 7) is 4.20. The second-order valence-electron chi connectivity index (χ2n) is 7.12. The first-order valence-corrected chi connectivity index (χ1v) is 9.65. The van der Waals surface area contributed by atoms with Crippen molar-refractivity contribution in [2.45, 2.75) is 30.6 Å². The first kappa shape index (κ1) is 26.2. The molecular weight excluding hydrogens is 428 g/mol. The summed E-state index contributed by atoms with van der Waals surface area (Å²) in [5.74, 6) is -1.17. The Morgan fingerprint density at radius 3 is 1.90 bits per heavy atom. The number of carbonyl (C=O) groups is 2. The maximum Gasteiger partial charge on any atom is 0.303 e. The number of hydrogen-bond donors (Lipinski definition) is 3. The molecule has 0 spiro atoms. The molecule has 12 heteroatoms. The molecule has 0 saturated carbocycles. The zero-order chi connectivity index (χ0) is 20.3. The van der Waals surface area contributed by atoms with Gasteiger partial charge in [-0.1, -0.05) is 5.66 Å². The maximum atomic E-state index is 12.4. The van der Waals surface area contributed by atoms with Crippen molar-refractivity contribution in [1.29, 1.82) is 0 Å². The van der Waals surface area contributed by atoms with Crippen LogP contribution in [0.15, 0.2) is 0 Å². The predicted molar refractivity (Wildman–Crippen MR) is 108 cm³/mol. The number of carboxylic acids is 1. The summed E-state index contributed by atoms with van der Waals surface area (Å²) in [5.41, 5.74) is 4.56. The quantitative estimate of drug-likeness (QED) is 0.521. The molecule has 4 N–H and O–H groups in total. The molecule has 29 heavy (non-hydrogen) atoms. The van der Waals surface area contributed by atoms with Gasteiger partial charge in [-0.15, -0.1) is 18.8 Å². The van der Waals surface area contributed by atoms with Crippen molar-refractivity contribution < 1.29 is 31.8 Å². The van der Waals surface area contributed by atoms with E-state index in [4.69, 9.17) is 10.8 Å². The van der Waals surface area contributed by atoms with Crippen molar-refractivity contribution in [3.05, 3.63) is 31.9 Å². The van der Waals surface area contributed by atoms with Crippen LogP contribution in [0.4, 0.5) is 0 Å². The van der Waals surface area contributed by atoms with E-state index in [0.717, 1.165) is 0 Å². The molecule has 2 rings (SSSR count). The largest absolute Gasteiger partial charge is 0.664 e. The monoisotopic (exact) mass is 457 g/mol. The van der Waals surface area contributed by atoms with Gasteiger partial charge in [0.1, 0.15) is 0 Å². The summed E-state index contributed by atoms with van der Waals surface area (Å²) >= 11 is 0. The molecule has 0 aromatic rings. The van der Waals surface area contributed by atoms with Gasteiger partial charge in [0, 0.05) is 29.9 Å². The number of nitrogens with one attached hydrogen (secondary N) is 1. The van der Waals surface area contributed by atoms with Gasteiger partial charge in [-0.25, -0.2) is 0 Å². The second-order valence-corrected chi connectivity index (χ2v) is 7.12. The molecule has 0 atom stereocenters. The maximum absolute atomic E-state index is 12.4. The summed E-state index contributed by atoms with van der Waals surface area (Å²) in [6.07, 6.45) is 0.339. The summed E-state index contributed by atoms with van der Waals surface area (Å²) in [6, 6.07) is 0. The van der Waals surface area contributed by atoms with E-state index in [0.29, 0.717) is 65.4 Å². The van der Waals surface area contributed by atoms with Crippen LogP contribution in [0.2, 0.25) is 0 Å². The molecule has 1 radical (unpaired) electrons. The van der Waals surface area contributed by atoms with Crippen molar-refractivity contribution in [1.82, 2.24) is 5.32 Å². The average Bonchev–Trinajstić information content (AvgIpc) is 2.62. The van der Waals surface area contributed by atoms with Crippen LogP contribution in [0.3, 0.4) is 0 Å². The SMILES string of the molecule is NC12C[N-]CC[N-]CC(NC(=O)CCCC(=O)O)(C[N-]CC[N-]C1)[N-]CC[N-]2.[Cu]. The number of nitrogens with zero attached hydrogens (tertiary/aromatic N) is 6. The van der Waals surface area contributed by atoms with Gasteiger partial charge in [0.05, 0.1) is 0 Å². The van der Waals surface area contributed by atoms with Gasteiger partial charge in [-0.2, -0.15) is 52.4 Å². The molecule has 11 nitrogen and oxygen atoms in total. The average molecular weight is 458 g/mol.